The molecule has 17 heavy (non-hydrogen) atoms. The molecule has 1 rings (SSSR count). The molecule has 1 aromatic carbocycles. The highest BCUT2D eigenvalue weighted by molar-refractivity contribution is 5.78. The molecule has 0 aromatic heterocycles. The maximum Gasteiger partial charge on any atom is 0.224 e. The van der Waals surface area contributed by atoms with Crippen LogP contribution in [-0.4, -0.2) is 28.3 Å². The number of aliphatic hydroxyl groups excluding tert-OH is 1. The second kappa shape index (κ2) is 6.25. The van der Waals surface area contributed by atoms with Crippen LogP contribution < -0.4 is 5.32 Å². The van der Waals surface area contributed by atoms with Gasteiger partial charge in [0.25, 0.3) is 0 Å². The summed E-state index contributed by atoms with van der Waals surface area (Å²) in [6.45, 7) is 3.55. The van der Waals surface area contributed by atoms with Gasteiger partial charge in [-0.05, 0) is 38.0 Å². The highest BCUT2D eigenvalue weighted by Gasteiger charge is 2.10. The van der Waals surface area contributed by atoms with Crippen molar-refractivity contribution in [2.24, 2.45) is 0 Å². The lowest BCUT2D eigenvalue weighted by Crippen LogP contribution is -2.35. The summed E-state index contributed by atoms with van der Waals surface area (Å²) in [6, 6.07) is 6.58. The minimum atomic E-state index is -0.425. The fourth-order valence-electron chi connectivity index (χ4n) is 1.75. The van der Waals surface area contributed by atoms with Crippen LogP contribution in [0.1, 0.15) is 25.8 Å². The number of carbonyl (C=O) groups is 1. The highest BCUT2D eigenvalue weighted by atomic mass is 16.3. The van der Waals surface area contributed by atoms with E-state index in [1.54, 1.807) is 31.2 Å². The van der Waals surface area contributed by atoms with Crippen molar-refractivity contribution in [2.75, 3.05) is 0 Å². The van der Waals surface area contributed by atoms with Gasteiger partial charge < -0.3 is 15.5 Å². The fraction of sp³-hybridized carbons (Fsp3) is 0.462. The minimum absolute atomic E-state index is 0.0557. The van der Waals surface area contributed by atoms with Crippen molar-refractivity contribution in [3.8, 4) is 5.75 Å². The van der Waals surface area contributed by atoms with E-state index in [0.29, 0.717) is 6.42 Å². The average molecular weight is 237 g/mol. The van der Waals surface area contributed by atoms with Crippen molar-refractivity contribution >= 4 is 5.91 Å². The van der Waals surface area contributed by atoms with E-state index in [9.17, 15) is 15.0 Å². The highest BCUT2D eigenvalue weighted by Crippen LogP contribution is 2.11. The molecule has 0 spiro atoms. The number of phenolic OH excluding ortho intramolecular Hbond substituents is 1. The first-order valence-electron chi connectivity index (χ1n) is 5.72. The van der Waals surface area contributed by atoms with Gasteiger partial charge in [-0.2, -0.15) is 0 Å². The Morgan fingerprint density at radius 2 is 2.12 bits per heavy atom. The van der Waals surface area contributed by atoms with Crippen molar-refractivity contribution in [3.05, 3.63) is 29.8 Å². The Morgan fingerprint density at radius 1 is 1.41 bits per heavy atom. The predicted molar refractivity (Wildman–Crippen MR) is 65.7 cm³/mol. The summed E-state index contributed by atoms with van der Waals surface area (Å²) < 4.78 is 0. The predicted octanol–water partition coefficient (Wildman–Crippen LogP) is 1.21. The van der Waals surface area contributed by atoms with Gasteiger partial charge in [-0.1, -0.05) is 12.1 Å². The van der Waals surface area contributed by atoms with Gasteiger partial charge in [-0.15, -0.1) is 0 Å². The summed E-state index contributed by atoms with van der Waals surface area (Å²) in [7, 11) is 0. The lowest BCUT2D eigenvalue weighted by atomic mass is 10.1. The Balaban J connectivity index is 2.44. The van der Waals surface area contributed by atoms with Crippen molar-refractivity contribution in [1.29, 1.82) is 0 Å². The lowest BCUT2D eigenvalue weighted by molar-refractivity contribution is -0.121. The Hall–Kier alpha value is -1.55. The number of aromatic hydroxyl groups is 1. The molecule has 3 N–H and O–H groups in total. The Kier molecular flexibility index (Phi) is 4.97. The maximum absolute atomic E-state index is 11.6. The van der Waals surface area contributed by atoms with Crippen molar-refractivity contribution in [3.63, 3.8) is 0 Å². The van der Waals surface area contributed by atoms with Gasteiger partial charge in [0, 0.05) is 6.04 Å². The van der Waals surface area contributed by atoms with Gasteiger partial charge in [-0.3, -0.25) is 4.79 Å². The minimum Gasteiger partial charge on any atom is -0.508 e. The van der Waals surface area contributed by atoms with Gasteiger partial charge in [0.1, 0.15) is 5.75 Å². The number of phenols is 1. The van der Waals surface area contributed by atoms with Crippen molar-refractivity contribution in [1.82, 2.24) is 5.32 Å². The molecule has 0 fully saturated rings. The van der Waals surface area contributed by atoms with E-state index in [1.807, 2.05) is 6.92 Å². The second-order valence-corrected chi connectivity index (χ2v) is 4.40. The molecule has 2 atom stereocenters. The van der Waals surface area contributed by atoms with Gasteiger partial charge in [-0.25, -0.2) is 0 Å². The molecule has 0 aliphatic heterocycles. The van der Waals surface area contributed by atoms with E-state index in [4.69, 9.17) is 0 Å². The van der Waals surface area contributed by atoms with Crippen LogP contribution in [0.3, 0.4) is 0 Å². The number of aliphatic hydroxyl groups is 1. The summed E-state index contributed by atoms with van der Waals surface area (Å²) in [5, 5.41) is 21.2. The van der Waals surface area contributed by atoms with Gasteiger partial charge in [0.2, 0.25) is 5.91 Å². The van der Waals surface area contributed by atoms with E-state index in [1.165, 1.54) is 0 Å². The molecular weight excluding hydrogens is 218 g/mol. The first-order chi connectivity index (χ1) is 7.97. The fourth-order valence-corrected chi connectivity index (χ4v) is 1.75. The van der Waals surface area contributed by atoms with Gasteiger partial charge >= 0.3 is 0 Å². The smallest absolute Gasteiger partial charge is 0.224 e. The number of benzene rings is 1. The van der Waals surface area contributed by atoms with E-state index < -0.39 is 6.10 Å². The lowest BCUT2D eigenvalue weighted by Gasteiger charge is -2.15. The number of hydrogen-bond donors (Lipinski definition) is 3. The first kappa shape index (κ1) is 13.5. The molecule has 0 saturated carbocycles. The molecule has 2 unspecified atom stereocenters. The molecule has 1 aromatic rings. The van der Waals surface area contributed by atoms with Crippen LogP contribution in [0, 0.1) is 0 Å². The molecule has 0 aliphatic carbocycles. The van der Waals surface area contributed by atoms with E-state index >= 15 is 0 Å². The Labute approximate surface area is 101 Å². The number of carbonyl (C=O) groups excluding carboxylic acids is 1. The molecule has 4 heteroatoms. The normalized spacial score (nSPS) is 14.1. The number of nitrogens with one attached hydrogen (secondary N) is 1. The molecule has 0 saturated heterocycles. The third-order valence-electron chi connectivity index (χ3n) is 2.38. The number of hydrogen-bond acceptors (Lipinski definition) is 3. The van der Waals surface area contributed by atoms with Crippen molar-refractivity contribution in [2.45, 2.75) is 38.8 Å². The third kappa shape index (κ3) is 5.36. The van der Waals surface area contributed by atoms with E-state index in [2.05, 4.69) is 5.32 Å². The van der Waals surface area contributed by atoms with Gasteiger partial charge in [0.15, 0.2) is 0 Å². The average Bonchev–Trinajstić information content (AvgIpc) is 2.14. The van der Waals surface area contributed by atoms with Crippen LogP contribution >= 0.6 is 0 Å². The monoisotopic (exact) mass is 237 g/mol. The summed E-state index contributed by atoms with van der Waals surface area (Å²) in [6.07, 6.45) is 0.343. The molecule has 1 amide bonds. The van der Waals surface area contributed by atoms with Crippen molar-refractivity contribution < 1.29 is 15.0 Å². The standard InChI is InChI=1S/C13H19NO3/c1-9(6-10(2)15)14-13(17)8-11-4-3-5-12(16)7-11/h3-5,7,9-10,15-16H,6,8H2,1-2H3,(H,14,17). The molecule has 94 valence electrons. The Morgan fingerprint density at radius 3 is 2.71 bits per heavy atom. The summed E-state index contributed by atoms with van der Waals surface area (Å²) in [5.74, 6) is 0.0519. The molecule has 0 heterocycles. The van der Waals surface area contributed by atoms with Crippen LogP contribution in [0.4, 0.5) is 0 Å². The van der Waals surface area contributed by atoms with Crippen LogP contribution in [0.5, 0.6) is 5.75 Å². The third-order valence-corrected chi connectivity index (χ3v) is 2.38. The molecule has 0 aliphatic rings. The van der Waals surface area contributed by atoms with Crippen LogP contribution in [0.2, 0.25) is 0 Å². The quantitative estimate of drug-likeness (QED) is 0.721. The molecule has 4 nitrogen and oxygen atoms in total. The van der Waals surface area contributed by atoms with Gasteiger partial charge in [0.05, 0.1) is 12.5 Å². The molecule has 0 radical (unpaired) electrons. The molecular formula is C13H19NO3. The second-order valence-electron chi connectivity index (χ2n) is 4.40. The zero-order chi connectivity index (χ0) is 12.8. The first-order valence-corrected chi connectivity index (χ1v) is 5.72. The summed E-state index contributed by atoms with van der Waals surface area (Å²) in [5.41, 5.74) is 0.770. The van der Waals surface area contributed by atoms with E-state index in [0.717, 1.165) is 5.56 Å². The number of amides is 1. The molecule has 0 bridgehead atoms. The largest absolute Gasteiger partial charge is 0.508 e. The maximum atomic E-state index is 11.6. The zero-order valence-electron chi connectivity index (χ0n) is 10.2. The summed E-state index contributed by atoms with van der Waals surface area (Å²) >= 11 is 0. The topological polar surface area (TPSA) is 69.6 Å². The SMILES string of the molecule is CC(O)CC(C)NC(=O)Cc1cccc(O)c1. The zero-order valence-corrected chi connectivity index (χ0v) is 10.2. The summed E-state index contributed by atoms with van der Waals surface area (Å²) in [4.78, 5) is 11.6. The van der Waals surface area contributed by atoms with Crippen LogP contribution in [0.25, 0.3) is 0 Å². The van der Waals surface area contributed by atoms with Crippen LogP contribution in [-0.2, 0) is 11.2 Å². The van der Waals surface area contributed by atoms with E-state index in [-0.39, 0.29) is 24.1 Å². The Bertz CT molecular complexity index is 377. The number of rotatable bonds is 5. The van der Waals surface area contributed by atoms with Crippen LogP contribution in [0.15, 0.2) is 24.3 Å².